The SMILES string of the molecule is CCC1CN(C(=O)c2ccc3c(c2)OCCN3C)c2ccc(C(O)(C(F)(F)F)C(F)(F)F)cc2S1. The second kappa shape index (κ2) is 8.81. The van der Waals surface area contributed by atoms with E-state index in [0.29, 0.717) is 37.5 Å². The maximum absolute atomic E-state index is 13.4. The first-order valence-corrected chi connectivity index (χ1v) is 11.6. The van der Waals surface area contributed by atoms with Crippen molar-refractivity contribution >= 4 is 29.0 Å². The highest BCUT2D eigenvalue weighted by Crippen LogP contribution is 2.52. The maximum atomic E-state index is 13.4. The van der Waals surface area contributed by atoms with E-state index in [0.717, 1.165) is 23.5 Å². The average Bonchev–Trinajstić information content (AvgIpc) is 2.80. The molecule has 2 aromatic rings. The lowest BCUT2D eigenvalue weighted by Gasteiger charge is -2.37. The van der Waals surface area contributed by atoms with Crippen LogP contribution in [0.25, 0.3) is 0 Å². The van der Waals surface area contributed by atoms with Crippen LogP contribution < -0.4 is 14.5 Å². The summed E-state index contributed by atoms with van der Waals surface area (Å²) in [5, 5.41) is 9.54. The Kier molecular flexibility index (Phi) is 6.41. The first-order valence-electron chi connectivity index (χ1n) is 10.7. The van der Waals surface area contributed by atoms with Gasteiger partial charge in [-0.05, 0) is 36.8 Å². The van der Waals surface area contributed by atoms with Gasteiger partial charge < -0.3 is 19.6 Å². The van der Waals surface area contributed by atoms with Crippen LogP contribution in [-0.2, 0) is 5.60 Å². The van der Waals surface area contributed by atoms with Crippen molar-refractivity contribution in [3.63, 3.8) is 0 Å². The van der Waals surface area contributed by atoms with Crippen molar-refractivity contribution in [2.45, 2.75) is 41.4 Å². The molecule has 2 heterocycles. The Morgan fingerprint density at radius 2 is 1.74 bits per heavy atom. The lowest BCUT2D eigenvalue weighted by molar-refractivity contribution is -0.376. The van der Waals surface area contributed by atoms with E-state index in [4.69, 9.17) is 4.74 Å². The summed E-state index contributed by atoms with van der Waals surface area (Å²) in [5.41, 5.74) is -5.13. The van der Waals surface area contributed by atoms with Crippen molar-refractivity contribution in [2.24, 2.45) is 0 Å². The largest absolute Gasteiger partial charge is 0.490 e. The third-order valence-electron chi connectivity index (χ3n) is 6.17. The second-order valence-electron chi connectivity index (χ2n) is 8.40. The number of nitrogens with zero attached hydrogens (tertiary/aromatic N) is 2. The number of carbonyl (C=O) groups excluding carboxylic acids is 1. The van der Waals surface area contributed by atoms with Gasteiger partial charge in [0.15, 0.2) is 0 Å². The molecule has 1 atom stereocenters. The van der Waals surface area contributed by atoms with Crippen molar-refractivity contribution < 1.29 is 41.0 Å². The van der Waals surface area contributed by atoms with Crippen molar-refractivity contribution in [1.82, 2.24) is 0 Å². The number of thioether (sulfide) groups is 1. The summed E-state index contributed by atoms with van der Waals surface area (Å²) in [5.74, 6) is 0.0540. The van der Waals surface area contributed by atoms with Crippen LogP contribution >= 0.6 is 11.8 Å². The molecular weight excluding hydrogens is 498 g/mol. The molecule has 2 aliphatic rings. The third-order valence-corrected chi connectivity index (χ3v) is 7.57. The predicted molar refractivity (Wildman–Crippen MR) is 119 cm³/mol. The molecule has 4 rings (SSSR count). The number of hydrogen-bond acceptors (Lipinski definition) is 5. The van der Waals surface area contributed by atoms with E-state index >= 15 is 0 Å². The maximum Gasteiger partial charge on any atom is 0.430 e. The number of fused-ring (bicyclic) bond motifs is 2. The standard InChI is InChI=1S/C23H22F6N2O3S/c1-3-15-12-31(20(32)13-4-6-16-18(10-13)34-9-8-30(16)2)17-7-5-14(11-19(17)35-15)21(33,22(24,25)26)23(27,28)29/h4-7,10-11,15,33H,3,8-9,12H2,1-2H3. The highest BCUT2D eigenvalue weighted by Gasteiger charge is 2.71. The number of benzene rings is 2. The topological polar surface area (TPSA) is 53.0 Å². The Bertz CT molecular complexity index is 1120. The highest BCUT2D eigenvalue weighted by molar-refractivity contribution is 8.00. The van der Waals surface area contributed by atoms with Gasteiger partial charge >= 0.3 is 12.4 Å². The summed E-state index contributed by atoms with van der Waals surface area (Å²) >= 11 is 1.08. The summed E-state index contributed by atoms with van der Waals surface area (Å²) in [4.78, 5) is 16.8. The highest BCUT2D eigenvalue weighted by atomic mass is 32.2. The van der Waals surface area contributed by atoms with Gasteiger partial charge in [-0.15, -0.1) is 11.8 Å². The minimum Gasteiger partial charge on any atom is -0.490 e. The smallest absolute Gasteiger partial charge is 0.430 e. The van der Waals surface area contributed by atoms with Crippen LogP contribution in [0.5, 0.6) is 5.75 Å². The van der Waals surface area contributed by atoms with E-state index in [1.54, 1.807) is 25.1 Å². The van der Waals surface area contributed by atoms with Crippen molar-refractivity contribution in [3.8, 4) is 5.75 Å². The lowest BCUT2D eigenvalue weighted by Crippen LogP contribution is -2.54. The van der Waals surface area contributed by atoms with Crippen LogP contribution in [0.4, 0.5) is 37.7 Å². The van der Waals surface area contributed by atoms with Gasteiger partial charge in [0, 0.05) is 34.9 Å². The fourth-order valence-electron chi connectivity index (χ4n) is 4.12. The number of likely N-dealkylation sites (N-methyl/N-ethyl adjacent to an activating group) is 1. The summed E-state index contributed by atoms with van der Waals surface area (Å²) in [6.45, 7) is 3.14. The number of anilines is 2. The number of ether oxygens (including phenoxy) is 1. The Morgan fingerprint density at radius 3 is 2.37 bits per heavy atom. The van der Waals surface area contributed by atoms with Gasteiger partial charge in [-0.3, -0.25) is 4.79 Å². The number of alkyl halides is 6. The van der Waals surface area contributed by atoms with Gasteiger partial charge in [0.2, 0.25) is 0 Å². The quantitative estimate of drug-likeness (QED) is 0.553. The van der Waals surface area contributed by atoms with Gasteiger partial charge in [0.05, 0.1) is 17.9 Å². The van der Waals surface area contributed by atoms with Crippen molar-refractivity contribution in [3.05, 3.63) is 47.5 Å². The molecule has 0 saturated heterocycles. The fourth-order valence-corrected chi connectivity index (χ4v) is 5.36. The Balaban J connectivity index is 1.76. The summed E-state index contributed by atoms with van der Waals surface area (Å²) in [6, 6.07) is 7.18. The minimum absolute atomic E-state index is 0.0508. The fraction of sp³-hybridized carbons (Fsp3) is 0.435. The monoisotopic (exact) mass is 520 g/mol. The summed E-state index contributed by atoms with van der Waals surface area (Å²) in [6.07, 6.45) is -11.5. The molecule has 12 heteroatoms. The zero-order valence-electron chi connectivity index (χ0n) is 18.7. The molecule has 190 valence electrons. The Morgan fingerprint density at radius 1 is 1.09 bits per heavy atom. The van der Waals surface area contributed by atoms with E-state index in [1.807, 2.05) is 11.9 Å². The van der Waals surface area contributed by atoms with Gasteiger partial charge in [-0.1, -0.05) is 13.0 Å². The van der Waals surface area contributed by atoms with E-state index in [-0.39, 0.29) is 27.9 Å². The Labute approximate surface area is 201 Å². The van der Waals surface area contributed by atoms with E-state index < -0.39 is 29.4 Å². The van der Waals surface area contributed by atoms with Crippen LogP contribution in [0.15, 0.2) is 41.3 Å². The van der Waals surface area contributed by atoms with Gasteiger partial charge in [0.25, 0.3) is 11.5 Å². The first-order chi connectivity index (χ1) is 16.3. The molecule has 0 aliphatic carbocycles. The summed E-state index contributed by atoms with van der Waals surface area (Å²) < 4.78 is 86.0. The van der Waals surface area contributed by atoms with Gasteiger partial charge in [-0.2, -0.15) is 26.3 Å². The predicted octanol–water partition coefficient (Wildman–Crippen LogP) is 5.36. The molecule has 1 N–H and O–H groups in total. The molecule has 1 unspecified atom stereocenters. The summed E-state index contributed by atoms with van der Waals surface area (Å²) in [7, 11) is 1.88. The van der Waals surface area contributed by atoms with Crippen LogP contribution in [0.3, 0.4) is 0 Å². The van der Waals surface area contributed by atoms with Gasteiger partial charge in [0.1, 0.15) is 12.4 Å². The number of halogens is 6. The Hall–Kier alpha value is -2.60. The van der Waals surface area contributed by atoms with Crippen LogP contribution in [0.2, 0.25) is 0 Å². The molecule has 0 spiro atoms. The molecular formula is C23H22F6N2O3S. The zero-order valence-corrected chi connectivity index (χ0v) is 19.5. The number of amides is 1. The van der Waals surface area contributed by atoms with Crippen LogP contribution in [-0.4, -0.2) is 55.4 Å². The molecule has 0 aromatic heterocycles. The average molecular weight is 520 g/mol. The minimum atomic E-state index is -5.99. The molecule has 1 amide bonds. The molecule has 0 bridgehead atoms. The number of carbonyl (C=O) groups is 1. The van der Waals surface area contributed by atoms with Crippen molar-refractivity contribution in [1.29, 1.82) is 0 Å². The third kappa shape index (κ3) is 4.31. The molecule has 35 heavy (non-hydrogen) atoms. The van der Waals surface area contributed by atoms with E-state index in [1.165, 1.54) is 4.90 Å². The normalized spacial score (nSPS) is 18.6. The second-order valence-corrected chi connectivity index (χ2v) is 9.75. The molecule has 2 aromatic carbocycles. The number of aliphatic hydroxyl groups is 1. The van der Waals surface area contributed by atoms with Gasteiger partial charge in [-0.25, -0.2) is 0 Å². The van der Waals surface area contributed by atoms with Crippen LogP contribution in [0.1, 0.15) is 29.3 Å². The number of rotatable bonds is 3. The lowest BCUT2D eigenvalue weighted by atomic mass is 9.92. The first kappa shape index (κ1) is 25.5. The zero-order chi connectivity index (χ0) is 25.8. The molecule has 0 fully saturated rings. The van der Waals surface area contributed by atoms with E-state index in [2.05, 4.69) is 0 Å². The van der Waals surface area contributed by atoms with E-state index in [9.17, 15) is 36.2 Å². The number of hydrogen-bond donors (Lipinski definition) is 1. The molecule has 0 saturated carbocycles. The molecule has 0 radical (unpaired) electrons. The van der Waals surface area contributed by atoms with Crippen molar-refractivity contribution in [2.75, 3.05) is 36.5 Å². The molecule has 5 nitrogen and oxygen atoms in total. The molecule has 2 aliphatic heterocycles. The van der Waals surface area contributed by atoms with Crippen LogP contribution in [0, 0.1) is 0 Å².